The largest absolute Gasteiger partial charge is 0.508 e. The average molecular weight is 218 g/mol. The van der Waals surface area contributed by atoms with Crippen molar-refractivity contribution >= 4 is 0 Å². The van der Waals surface area contributed by atoms with Gasteiger partial charge in [0, 0.05) is 18.5 Å². The molecule has 0 aliphatic rings. The number of benzene rings is 1. The molecule has 1 atom stereocenters. The van der Waals surface area contributed by atoms with Crippen LogP contribution in [0.1, 0.15) is 12.6 Å². The molecule has 2 aromatic rings. The predicted octanol–water partition coefficient (Wildman–Crippen LogP) is 0.863. The Kier molecular flexibility index (Phi) is 2.87. The van der Waals surface area contributed by atoms with Crippen LogP contribution >= 0.6 is 0 Å². The number of nitrogens with zero attached hydrogens (tertiary/aromatic N) is 3. The van der Waals surface area contributed by atoms with Gasteiger partial charge < -0.3 is 10.8 Å². The fourth-order valence-electron chi connectivity index (χ4n) is 1.57. The Morgan fingerprint density at radius 2 is 2.31 bits per heavy atom. The van der Waals surface area contributed by atoms with Crippen LogP contribution in [0.25, 0.3) is 5.69 Å². The topological polar surface area (TPSA) is 77.0 Å². The molecule has 0 aliphatic carbocycles. The van der Waals surface area contributed by atoms with Crippen LogP contribution in [0.5, 0.6) is 5.75 Å². The van der Waals surface area contributed by atoms with Gasteiger partial charge in [-0.1, -0.05) is 11.3 Å². The van der Waals surface area contributed by atoms with Gasteiger partial charge >= 0.3 is 0 Å². The van der Waals surface area contributed by atoms with E-state index in [9.17, 15) is 5.11 Å². The molecular formula is C11H14N4O. The van der Waals surface area contributed by atoms with Gasteiger partial charge in [-0.15, -0.1) is 5.10 Å². The Morgan fingerprint density at radius 3 is 3.00 bits per heavy atom. The Balaban J connectivity index is 2.37. The van der Waals surface area contributed by atoms with Crippen molar-refractivity contribution in [1.82, 2.24) is 15.0 Å². The zero-order chi connectivity index (χ0) is 11.5. The van der Waals surface area contributed by atoms with E-state index in [0.717, 1.165) is 11.4 Å². The summed E-state index contributed by atoms with van der Waals surface area (Å²) in [5.41, 5.74) is 7.46. The maximum atomic E-state index is 9.40. The van der Waals surface area contributed by atoms with Gasteiger partial charge in [-0.25, -0.2) is 4.68 Å². The van der Waals surface area contributed by atoms with Gasteiger partial charge in [-0.05, 0) is 19.1 Å². The summed E-state index contributed by atoms with van der Waals surface area (Å²) in [4.78, 5) is 0. The molecule has 2 rings (SSSR count). The maximum Gasteiger partial charge on any atom is 0.117 e. The van der Waals surface area contributed by atoms with Crippen LogP contribution in [-0.4, -0.2) is 26.1 Å². The smallest absolute Gasteiger partial charge is 0.117 e. The van der Waals surface area contributed by atoms with Crippen LogP contribution in [0.4, 0.5) is 0 Å². The Bertz CT molecular complexity index is 478. The van der Waals surface area contributed by atoms with Crippen molar-refractivity contribution in [3.8, 4) is 11.4 Å². The second-order valence-corrected chi connectivity index (χ2v) is 3.84. The number of rotatable bonds is 3. The summed E-state index contributed by atoms with van der Waals surface area (Å²) >= 11 is 0. The molecule has 0 bridgehead atoms. The number of hydrogen-bond acceptors (Lipinski definition) is 4. The van der Waals surface area contributed by atoms with E-state index < -0.39 is 0 Å². The zero-order valence-electron chi connectivity index (χ0n) is 9.04. The lowest BCUT2D eigenvalue weighted by Crippen LogP contribution is -2.19. The first-order valence-corrected chi connectivity index (χ1v) is 5.11. The minimum atomic E-state index is 0.0505. The van der Waals surface area contributed by atoms with Crippen molar-refractivity contribution in [3.05, 3.63) is 36.2 Å². The van der Waals surface area contributed by atoms with Crippen molar-refractivity contribution in [1.29, 1.82) is 0 Å². The lowest BCUT2D eigenvalue weighted by molar-refractivity contribution is 0.474. The van der Waals surface area contributed by atoms with Gasteiger partial charge in [0.2, 0.25) is 0 Å². The minimum absolute atomic E-state index is 0.0505. The third-order valence-corrected chi connectivity index (χ3v) is 2.23. The van der Waals surface area contributed by atoms with Crippen LogP contribution in [0.3, 0.4) is 0 Å². The van der Waals surface area contributed by atoms with E-state index in [-0.39, 0.29) is 11.8 Å². The lowest BCUT2D eigenvalue weighted by atomic mass is 10.2. The Labute approximate surface area is 93.5 Å². The van der Waals surface area contributed by atoms with E-state index in [1.165, 1.54) is 0 Å². The highest BCUT2D eigenvalue weighted by Crippen LogP contribution is 2.16. The SMILES string of the molecule is CC(N)Cc1cnnn1-c1cccc(O)c1. The molecule has 5 nitrogen and oxygen atoms in total. The monoisotopic (exact) mass is 218 g/mol. The van der Waals surface area contributed by atoms with Crippen LogP contribution in [0.2, 0.25) is 0 Å². The van der Waals surface area contributed by atoms with E-state index in [0.29, 0.717) is 6.42 Å². The normalized spacial score (nSPS) is 12.6. The highest BCUT2D eigenvalue weighted by molar-refractivity contribution is 5.38. The predicted molar refractivity (Wildman–Crippen MR) is 60.4 cm³/mol. The summed E-state index contributed by atoms with van der Waals surface area (Å²) in [7, 11) is 0. The second kappa shape index (κ2) is 4.32. The Hall–Kier alpha value is -1.88. The quantitative estimate of drug-likeness (QED) is 0.801. The summed E-state index contributed by atoms with van der Waals surface area (Å²) < 4.78 is 1.68. The molecule has 1 unspecified atom stereocenters. The van der Waals surface area contributed by atoms with Gasteiger partial charge in [0.25, 0.3) is 0 Å². The fraction of sp³-hybridized carbons (Fsp3) is 0.273. The van der Waals surface area contributed by atoms with E-state index >= 15 is 0 Å². The van der Waals surface area contributed by atoms with Crippen molar-refractivity contribution in [2.45, 2.75) is 19.4 Å². The third-order valence-electron chi connectivity index (χ3n) is 2.23. The molecule has 0 saturated heterocycles. The van der Waals surface area contributed by atoms with E-state index in [2.05, 4.69) is 10.3 Å². The zero-order valence-corrected chi connectivity index (χ0v) is 9.04. The fourth-order valence-corrected chi connectivity index (χ4v) is 1.57. The highest BCUT2D eigenvalue weighted by Gasteiger charge is 2.08. The summed E-state index contributed by atoms with van der Waals surface area (Å²) in [6, 6.07) is 6.93. The molecule has 0 spiro atoms. The molecule has 1 aromatic heterocycles. The standard InChI is InChI=1S/C11H14N4O/c1-8(12)5-10-7-13-14-15(10)9-3-2-4-11(16)6-9/h2-4,6-8,16H,5,12H2,1H3. The number of nitrogens with two attached hydrogens (primary N) is 1. The molecule has 0 saturated carbocycles. The lowest BCUT2D eigenvalue weighted by Gasteiger charge is -2.08. The molecule has 0 fully saturated rings. The average Bonchev–Trinajstić information content (AvgIpc) is 2.65. The summed E-state index contributed by atoms with van der Waals surface area (Å²) in [5.74, 6) is 0.208. The third kappa shape index (κ3) is 2.20. The van der Waals surface area contributed by atoms with Crippen molar-refractivity contribution in [2.75, 3.05) is 0 Å². The molecule has 0 radical (unpaired) electrons. The number of aromatic hydroxyl groups is 1. The van der Waals surface area contributed by atoms with Gasteiger partial charge in [0.15, 0.2) is 0 Å². The molecule has 5 heteroatoms. The number of aromatic nitrogens is 3. The first-order chi connectivity index (χ1) is 7.66. The molecule has 3 N–H and O–H groups in total. The van der Waals surface area contributed by atoms with Crippen LogP contribution < -0.4 is 5.73 Å². The maximum absolute atomic E-state index is 9.40. The molecule has 16 heavy (non-hydrogen) atoms. The van der Waals surface area contributed by atoms with E-state index in [4.69, 9.17) is 5.73 Å². The summed E-state index contributed by atoms with van der Waals surface area (Å²) in [6.45, 7) is 1.93. The van der Waals surface area contributed by atoms with Gasteiger partial charge in [0.05, 0.1) is 17.6 Å². The minimum Gasteiger partial charge on any atom is -0.508 e. The highest BCUT2D eigenvalue weighted by atomic mass is 16.3. The van der Waals surface area contributed by atoms with Crippen molar-refractivity contribution in [2.24, 2.45) is 5.73 Å². The van der Waals surface area contributed by atoms with Crippen LogP contribution in [0.15, 0.2) is 30.5 Å². The number of phenolic OH excluding ortho intramolecular Hbond substituents is 1. The summed E-state index contributed by atoms with van der Waals surface area (Å²) in [6.07, 6.45) is 2.38. The molecule has 1 aromatic carbocycles. The van der Waals surface area contributed by atoms with Gasteiger partial charge in [0.1, 0.15) is 5.75 Å². The molecule has 0 aliphatic heterocycles. The molecule has 84 valence electrons. The molecular weight excluding hydrogens is 204 g/mol. The van der Waals surface area contributed by atoms with Gasteiger partial charge in [-0.3, -0.25) is 0 Å². The summed E-state index contributed by atoms with van der Waals surface area (Å²) in [5, 5.41) is 17.2. The van der Waals surface area contributed by atoms with Gasteiger partial charge in [-0.2, -0.15) is 0 Å². The number of phenols is 1. The van der Waals surface area contributed by atoms with Crippen molar-refractivity contribution < 1.29 is 5.11 Å². The first kappa shape index (κ1) is 10.6. The van der Waals surface area contributed by atoms with Crippen molar-refractivity contribution in [3.63, 3.8) is 0 Å². The second-order valence-electron chi connectivity index (χ2n) is 3.84. The molecule has 1 heterocycles. The van der Waals surface area contributed by atoms with Crippen LogP contribution in [-0.2, 0) is 6.42 Å². The van der Waals surface area contributed by atoms with E-state index in [1.807, 2.05) is 13.0 Å². The number of hydrogen-bond donors (Lipinski definition) is 2. The van der Waals surface area contributed by atoms with Crippen LogP contribution in [0, 0.1) is 0 Å². The first-order valence-electron chi connectivity index (χ1n) is 5.11. The van der Waals surface area contributed by atoms with E-state index in [1.54, 1.807) is 29.1 Å². The molecule has 0 amide bonds. The Morgan fingerprint density at radius 1 is 1.50 bits per heavy atom.